The van der Waals surface area contributed by atoms with Gasteiger partial charge in [0.15, 0.2) is 0 Å². The fourth-order valence-corrected chi connectivity index (χ4v) is 2.30. The quantitative estimate of drug-likeness (QED) is 0.663. The van der Waals surface area contributed by atoms with Crippen molar-refractivity contribution in [3.05, 3.63) is 20.8 Å². The van der Waals surface area contributed by atoms with Crippen LogP contribution in [0.15, 0.2) is 9.59 Å². The second-order valence-corrected chi connectivity index (χ2v) is 5.45. The Morgan fingerprint density at radius 3 is 2.58 bits per heavy atom. The fraction of sp³-hybridized carbons (Fsp3) is 0.667. The SMILES string of the molecule is CC(C)Cn1c(N)c(N2CC(CO)C2)c(=O)[nH]c1=O. The molecule has 0 aromatic carbocycles. The van der Waals surface area contributed by atoms with Crippen LogP contribution in [0, 0.1) is 11.8 Å². The zero-order chi connectivity index (χ0) is 14.2. The van der Waals surface area contributed by atoms with Crippen LogP contribution in [-0.4, -0.2) is 34.4 Å². The molecular formula is C12H20N4O3. The minimum absolute atomic E-state index is 0.0972. The van der Waals surface area contributed by atoms with Gasteiger partial charge in [-0.2, -0.15) is 0 Å². The number of hydrogen-bond donors (Lipinski definition) is 3. The van der Waals surface area contributed by atoms with E-state index in [0.29, 0.717) is 25.3 Å². The summed E-state index contributed by atoms with van der Waals surface area (Å²) < 4.78 is 1.40. The molecule has 106 valence electrons. The number of anilines is 2. The molecule has 0 saturated carbocycles. The number of nitrogen functional groups attached to an aromatic ring is 1. The largest absolute Gasteiger partial charge is 0.396 e. The second kappa shape index (κ2) is 5.08. The molecule has 19 heavy (non-hydrogen) atoms. The molecule has 0 amide bonds. The van der Waals surface area contributed by atoms with E-state index in [1.54, 1.807) is 4.90 Å². The Kier molecular flexibility index (Phi) is 3.66. The fourth-order valence-electron chi connectivity index (χ4n) is 2.30. The number of nitrogens with two attached hydrogens (primary N) is 1. The molecule has 1 aromatic heterocycles. The van der Waals surface area contributed by atoms with Crippen LogP contribution in [0.5, 0.6) is 0 Å². The maximum Gasteiger partial charge on any atom is 0.330 e. The predicted octanol–water partition coefficient (Wildman–Crippen LogP) is -0.797. The number of aliphatic hydroxyl groups is 1. The van der Waals surface area contributed by atoms with E-state index in [2.05, 4.69) is 4.98 Å². The first-order valence-corrected chi connectivity index (χ1v) is 6.42. The number of nitrogens with one attached hydrogen (secondary N) is 1. The molecular weight excluding hydrogens is 248 g/mol. The van der Waals surface area contributed by atoms with Gasteiger partial charge in [0.1, 0.15) is 11.5 Å². The minimum Gasteiger partial charge on any atom is -0.396 e. The third-order valence-corrected chi connectivity index (χ3v) is 3.29. The van der Waals surface area contributed by atoms with Crippen molar-refractivity contribution in [3.8, 4) is 0 Å². The first-order chi connectivity index (χ1) is 8.93. The van der Waals surface area contributed by atoms with Gasteiger partial charge in [0.2, 0.25) is 0 Å². The van der Waals surface area contributed by atoms with Crippen molar-refractivity contribution in [2.45, 2.75) is 20.4 Å². The highest BCUT2D eigenvalue weighted by Gasteiger charge is 2.30. The highest BCUT2D eigenvalue weighted by atomic mass is 16.3. The summed E-state index contributed by atoms with van der Waals surface area (Å²) in [6.45, 7) is 5.68. The van der Waals surface area contributed by atoms with Crippen LogP contribution < -0.4 is 21.9 Å². The summed E-state index contributed by atoms with van der Waals surface area (Å²) in [6, 6.07) is 0. The number of aromatic nitrogens is 2. The summed E-state index contributed by atoms with van der Waals surface area (Å²) in [6.07, 6.45) is 0. The molecule has 7 nitrogen and oxygen atoms in total. The Balaban J connectivity index is 2.39. The van der Waals surface area contributed by atoms with E-state index in [4.69, 9.17) is 10.8 Å². The van der Waals surface area contributed by atoms with Gasteiger partial charge < -0.3 is 15.7 Å². The van der Waals surface area contributed by atoms with E-state index in [9.17, 15) is 9.59 Å². The van der Waals surface area contributed by atoms with Crippen LogP contribution in [-0.2, 0) is 6.54 Å². The van der Waals surface area contributed by atoms with Gasteiger partial charge in [0.05, 0.1) is 0 Å². The van der Waals surface area contributed by atoms with Crippen molar-refractivity contribution in [1.29, 1.82) is 0 Å². The topological polar surface area (TPSA) is 104 Å². The van der Waals surface area contributed by atoms with Crippen molar-refractivity contribution in [3.63, 3.8) is 0 Å². The Labute approximate surface area is 110 Å². The molecule has 0 unspecified atom stereocenters. The van der Waals surface area contributed by atoms with Crippen molar-refractivity contribution < 1.29 is 5.11 Å². The van der Waals surface area contributed by atoms with Gasteiger partial charge in [0.25, 0.3) is 5.56 Å². The number of nitrogens with zero attached hydrogens (tertiary/aromatic N) is 2. The van der Waals surface area contributed by atoms with Gasteiger partial charge in [-0.25, -0.2) is 4.79 Å². The molecule has 1 fully saturated rings. The van der Waals surface area contributed by atoms with Gasteiger partial charge >= 0.3 is 5.69 Å². The maximum atomic E-state index is 11.9. The van der Waals surface area contributed by atoms with Crippen LogP contribution >= 0.6 is 0 Å². The molecule has 1 aliphatic rings. The first-order valence-electron chi connectivity index (χ1n) is 6.42. The number of aromatic amines is 1. The van der Waals surface area contributed by atoms with Gasteiger partial charge in [0, 0.05) is 32.2 Å². The Morgan fingerprint density at radius 1 is 1.42 bits per heavy atom. The van der Waals surface area contributed by atoms with Crippen LogP contribution in [0.4, 0.5) is 11.5 Å². The predicted molar refractivity (Wildman–Crippen MR) is 73.4 cm³/mol. The van der Waals surface area contributed by atoms with E-state index in [0.717, 1.165) is 0 Å². The third-order valence-electron chi connectivity index (χ3n) is 3.29. The van der Waals surface area contributed by atoms with E-state index in [-0.39, 0.29) is 24.3 Å². The Hall–Kier alpha value is -1.76. The summed E-state index contributed by atoms with van der Waals surface area (Å²) in [5.41, 5.74) is 5.37. The minimum atomic E-state index is -0.473. The molecule has 4 N–H and O–H groups in total. The highest BCUT2D eigenvalue weighted by Crippen LogP contribution is 2.25. The normalized spacial score (nSPS) is 15.9. The average Bonchev–Trinajstić information content (AvgIpc) is 2.26. The molecule has 0 spiro atoms. The molecule has 1 aliphatic heterocycles. The summed E-state index contributed by atoms with van der Waals surface area (Å²) in [5.74, 6) is 0.628. The van der Waals surface area contributed by atoms with Gasteiger partial charge in [-0.05, 0) is 5.92 Å². The monoisotopic (exact) mass is 268 g/mol. The van der Waals surface area contributed by atoms with Crippen molar-refractivity contribution >= 4 is 11.5 Å². The van der Waals surface area contributed by atoms with Crippen LogP contribution in [0.25, 0.3) is 0 Å². The summed E-state index contributed by atoms with van der Waals surface area (Å²) in [5, 5.41) is 9.01. The molecule has 0 atom stereocenters. The maximum absolute atomic E-state index is 11.9. The molecule has 1 saturated heterocycles. The standard InChI is InChI=1S/C12H20N4O3/c1-7(2)3-16-10(13)9(11(18)14-12(16)19)15-4-8(5-15)6-17/h7-8,17H,3-6,13H2,1-2H3,(H,14,18,19). The van der Waals surface area contributed by atoms with E-state index < -0.39 is 11.2 Å². The van der Waals surface area contributed by atoms with Gasteiger partial charge in [-0.1, -0.05) is 13.8 Å². The Bertz CT molecular complexity index is 569. The zero-order valence-electron chi connectivity index (χ0n) is 11.2. The smallest absolute Gasteiger partial charge is 0.330 e. The summed E-state index contributed by atoms with van der Waals surface area (Å²) in [4.78, 5) is 27.7. The molecule has 0 radical (unpaired) electrons. The Morgan fingerprint density at radius 2 is 2.05 bits per heavy atom. The molecule has 1 aromatic rings. The van der Waals surface area contributed by atoms with Crippen molar-refractivity contribution in [1.82, 2.24) is 9.55 Å². The highest BCUT2D eigenvalue weighted by molar-refractivity contribution is 5.63. The average molecular weight is 268 g/mol. The van der Waals surface area contributed by atoms with Crippen molar-refractivity contribution in [2.24, 2.45) is 11.8 Å². The number of hydrogen-bond acceptors (Lipinski definition) is 5. The second-order valence-electron chi connectivity index (χ2n) is 5.45. The van der Waals surface area contributed by atoms with Gasteiger partial charge in [-0.15, -0.1) is 0 Å². The molecule has 2 rings (SSSR count). The lowest BCUT2D eigenvalue weighted by Gasteiger charge is -2.40. The lowest BCUT2D eigenvalue weighted by Crippen LogP contribution is -2.52. The summed E-state index contributed by atoms with van der Waals surface area (Å²) >= 11 is 0. The van der Waals surface area contributed by atoms with Crippen LogP contribution in [0.1, 0.15) is 13.8 Å². The number of H-pyrrole nitrogens is 1. The van der Waals surface area contributed by atoms with Gasteiger partial charge in [-0.3, -0.25) is 14.3 Å². The van der Waals surface area contributed by atoms with Crippen molar-refractivity contribution in [2.75, 3.05) is 30.3 Å². The first kappa shape index (κ1) is 13.7. The molecule has 7 heteroatoms. The molecule has 0 bridgehead atoms. The number of aliphatic hydroxyl groups excluding tert-OH is 1. The van der Waals surface area contributed by atoms with E-state index >= 15 is 0 Å². The summed E-state index contributed by atoms with van der Waals surface area (Å²) in [7, 11) is 0. The number of rotatable bonds is 4. The zero-order valence-corrected chi connectivity index (χ0v) is 11.2. The lowest BCUT2D eigenvalue weighted by molar-refractivity contribution is 0.200. The third kappa shape index (κ3) is 2.51. The van der Waals surface area contributed by atoms with E-state index in [1.807, 2.05) is 13.8 Å². The van der Waals surface area contributed by atoms with Crippen LogP contribution in [0.2, 0.25) is 0 Å². The van der Waals surface area contributed by atoms with E-state index in [1.165, 1.54) is 4.57 Å². The van der Waals surface area contributed by atoms with Crippen LogP contribution in [0.3, 0.4) is 0 Å². The molecule has 0 aliphatic carbocycles. The lowest BCUT2D eigenvalue weighted by atomic mass is 10.0. The molecule has 2 heterocycles.